The predicted octanol–water partition coefficient (Wildman–Crippen LogP) is 2.27. The largest absolute Gasteiger partial charge is 0.481 e. The SMILES string of the molecule is CCCCCCCCCCC(O)CN(CCO)CCC(=O)O.[Na]. The molecule has 0 aliphatic carbocycles. The summed E-state index contributed by atoms with van der Waals surface area (Å²) in [5.74, 6) is -0.847. The van der Waals surface area contributed by atoms with Gasteiger partial charge in [-0.3, -0.25) is 9.69 Å². The van der Waals surface area contributed by atoms with E-state index in [1.54, 1.807) is 0 Å². The summed E-state index contributed by atoms with van der Waals surface area (Å²) < 4.78 is 0. The van der Waals surface area contributed by atoms with Crippen LogP contribution in [0.5, 0.6) is 0 Å². The van der Waals surface area contributed by atoms with Crippen molar-refractivity contribution in [3.05, 3.63) is 0 Å². The molecule has 0 fully saturated rings. The number of unbranched alkanes of at least 4 members (excludes halogenated alkanes) is 7. The molecule has 23 heavy (non-hydrogen) atoms. The van der Waals surface area contributed by atoms with Crippen LogP contribution in [0.25, 0.3) is 0 Å². The zero-order valence-corrected chi connectivity index (χ0v) is 17.2. The van der Waals surface area contributed by atoms with E-state index in [9.17, 15) is 9.90 Å². The third kappa shape index (κ3) is 18.5. The van der Waals surface area contributed by atoms with Crippen LogP contribution in [-0.4, -0.2) is 88.1 Å². The summed E-state index contributed by atoms with van der Waals surface area (Å²) in [6.45, 7) is 3.46. The van der Waals surface area contributed by atoms with Crippen molar-refractivity contribution in [2.24, 2.45) is 0 Å². The first-order valence-electron chi connectivity index (χ1n) is 8.83. The van der Waals surface area contributed by atoms with Gasteiger partial charge in [-0.2, -0.15) is 0 Å². The number of aliphatic carboxylic acids is 1. The maximum Gasteiger partial charge on any atom is 0.304 e. The number of aliphatic hydroxyl groups is 2. The molecule has 5 nitrogen and oxygen atoms in total. The Bertz CT molecular complexity index is 267. The number of rotatable bonds is 16. The van der Waals surface area contributed by atoms with Crippen molar-refractivity contribution in [1.82, 2.24) is 4.90 Å². The molecule has 0 aromatic heterocycles. The summed E-state index contributed by atoms with van der Waals surface area (Å²) in [7, 11) is 0. The van der Waals surface area contributed by atoms with Crippen LogP contribution < -0.4 is 0 Å². The van der Waals surface area contributed by atoms with Gasteiger partial charge in [-0.1, -0.05) is 58.3 Å². The van der Waals surface area contributed by atoms with Gasteiger partial charge in [0.05, 0.1) is 19.1 Å². The maximum absolute atomic E-state index is 10.6. The van der Waals surface area contributed by atoms with Gasteiger partial charge in [0.1, 0.15) is 0 Å². The van der Waals surface area contributed by atoms with E-state index in [4.69, 9.17) is 10.2 Å². The second kappa shape index (κ2) is 18.7. The predicted molar refractivity (Wildman–Crippen MR) is 94.8 cm³/mol. The molecule has 1 atom stereocenters. The van der Waals surface area contributed by atoms with Gasteiger partial charge in [-0.05, 0) is 6.42 Å². The summed E-state index contributed by atoms with van der Waals surface area (Å²) in [5, 5.41) is 27.7. The third-order valence-corrected chi connectivity index (χ3v) is 3.92. The third-order valence-electron chi connectivity index (χ3n) is 3.92. The van der Waals surface area contributed by atoms with Crippen LogP contribution in [0, 0.1) is 0 Å². The van der Waals surface area contributed by atoms with Gasteiger partial charge in [-0.25, -0.2) is 0 Å². The average Bonchev–Trinajstić information content (AvgIpc) is 2.47. The summed E-state index contributed by atoms with van der Waals surface area (Å²) in [6, 6.07) is 0. The van der Waals surface area contributed by atoms with E-state index in [1.807, 2.05) is 4.90 Å². The van der Waals surface area contributed by atoms with Crippen molar-refractivity contribution in [3.8, 4) is 0 Å². The average molecular weight is 340 g/mol. The zero-order valence-electron chi connectivity index (χ0n) is 15.2. The van der Waals surface area contributed by atoms with Crippen LogP contribution in [0.1, 0.15) is 71.1 Å². The summed E-state index contributed by atoms with van der Waals surface area (Å²) in [6.07, 6.45) is 10.3. The van der Waals surface area contributed by atoms with Crippen LogP contribution in [0.4, 0.5) is 0 Å². The van der Waals surface area contributed by atoms with E-state index in [2.05, 4.69) is 6.92 Å². The molecule has 0 heterocycles. The molecular weight excluding hydrogens is 305 g/mol. The molecule has 0 spiro atoms. The molecule has 0 aliphatic heterocycles. The Balaban J connectivity index is 0. The van der Waals surface area contributed by atoms with Gasteiger partial charge in [0.15, 0.2) is 0 Å². The number of nitrogens with zero attached hydrogens (tertiary/aromatic N) is 1. The number of hydrogen-bond acceptors (Lipinski definition) is 4. The van der Waals surface area contributed by atoms with Crippen molar-refractivity contribution in [2.45, 2.75) is 77.2 Å². The van der Waals surface area contributed by atoms with Gasteiger partial charge in [0.2, 0.25) is 0 Å². The molecule has 0 aromatic carbocycles. The molecular formula is C17H35NNaO4. The van der Waals surface area contributed by atoms with Gasteiger partial charge in [0.25, 0.3) is 0 Å². The van der Waals surface area contributed by atoms with E-state index < -0.39 is 12.1 Å². The minimum absolute atomic E-state index is 0. The summed E-state index contributed by atoms with van der Waals surface area (Å²) in [5.41, 5.74) is 0. The van der Waals surface area contributed by atoms with Crippen LogP contribution in [0.15, 0.2) is 0 Å². The second-order valence-electron chi connectivity index (χ2n) is 6.09. The minimum Gasteiger partial charge on any atom is -0.481 e. The molecule has 3 N–H and O–H groups in total. The molecule has 133 valence electrons. The summed E-state index contributed by atoms with van der Waals surface area (Å²) >= 11 is 0. The second-order valence-corrected chi connectivity index (χ2v) is 6.09. The van der Waals surface area contributed by atoms with Crippen molar-refractivity contribution in [2.75, 3.05) is 26.2 Å². The van der Waals surface area contributed by atoms with Crippen LogP contribution in [-0.2, 0) is 4.79 Å². The first kappa shape index (κ1) is 25.6. The number of aliphatic hydroxyl groups excluding tert-OH is 2. The first-order valence-corrected chi connectivity index (χ1v) is 8.83. The van der Waals surface area contributed by atoms with Crippen LogP contribution >= 0.6 is 0 Å². The smallest absolute Gasteiger partial charge is 0.304 e. The maximum atomic E-state index is 10.6. The molecule has 1 radical (unpaired) electrons. The fourth-order valence-electron chi connectivity index (χ4n) is 2.59. The fourth-order valence-corrected chi connectivity index (χ4v) is 2.59. The molecule has 0 saturated carbocycles. The molecule has 0 bridgehead atoms. The quantitative estimate of drug-likeness (QED) is 0.297. The monoisotopic (exact) mass is 340 g/mol. The van der Waals surface area contributed by atoms with E-state index in [1.165, 1.54) is 38.5 Å². The standard InChI is InChI=1S/C17H35NO4.Na/c1-2-3-4-5-6-7-8-9-10-16(20)15-18(13-14-19)12-11-17(21)22;/h16,19-20H,2-15H2,1H3,(H,21,22);. The number of carboxylic acids is 1. The summed E-state index contributed by atoms with van der Waals surface area (Å²) in [4.78, 5) is 12.4. The Labute approximate surface area is 163 Å². The van der Waals surface area contributed by atoms with Crippen LogP contribution in [0.2, 0.25) is 0 Å². The van der Waals surface area contributed by atoms with Crippen molar-refractivity contribution >= 4 is 35.5 Å². The van der Waals surface area contributed by atoms with Crippen molar-refractivity contribution in [1.29, 1.82) is 0 Å². The van der Waals surface area contributed by atoms with E-state index in [0.717, 1.165) is 19.3 Å². The van der Waals surface area contributed by atoms with E-state index >= 15 is 0 Å². The van der Waals surface area contributed by atoms with E-state index in [0.29, 0.717) is 19.6 Å². The normalized spacial score (nSPS) is 12.2. The van der Waals surface area contributed by atoms with Gasteiger partial charge >= 0.3 is 5.97 Å². The van der Waals surface area contributed by atoms with Gasteiger partial charge < -0.3 is 15.3 Å². The Morgan fingerprint density at radius 1 is 1.00 bits per heavy atom. The Morgan fingerprint density at radius 3 is 2.09 bits per heavy atom. The van der Waals surface area contributed by atoms with Gasteiger partial charge in [0, 0.05) is 49.2 Å². The van der Waals surface area contributed by atoms with E-state index in [-0.39, 0.29) is 42.6 Å². The molecule has 0 rings (SSSR count). The first-order chi connectivity index (χ1) is 10.6. The zero-order chi connectivity index (χ0) is 16.6. The number of carboxylic acid groups (broad SMARTS) is 1. The molecule has 1 unspecified atom stereocenters. The van der Waals surface area contributed by atoms with Crippen molar-refractivity contribution in [3.63, 3.8) is 0 Å². The Kier molecular flexibility index (Phi) is 20.8. The number of carbonyl (C=O) groups is 1. The fraction of sp³-hybridized carbons (Fsp3) is 0.941. The molecule has 0 aromatic rings. The molecule has 6 heteroatoms. The van der Waals surface area contributed by atoms with Crippen molar-refractivity contribution < 1.29 is 20.1 Å². The molecule has 0 amide bonds. The topological polar surface area (TPSA) is 81.0 Å². The Hall–Kier alpha value is 0.350. The van der Waals surface area contributed by atoms with Crippen LogP contribution in [0.3, 0.4) is 0 Å². The molecule has 0 saturated heterocycles. The minimum atomic E-state index is -0.847. The molecule has 0 aliphatic rings. The Morgan fingerprint density at radius 2 is 1.57 bits per heavy atom. The van der Waals surface area contributed by atoms with Gasteiger partial charge in [-0.15, -0.1) is 0 Å². The number of hydrogen-bond donors (Lipinski definition) is 3.